The molecule has 6 rings (SSSR count). The molecule has 0 atom stereocenters. The molecule has 162 valence electrons. The van der Waals surface area contributed by atoms with E-state index in [9.17, 15) is 10.0 Å². The topological polar surface area (TPSA) is 40.5 Å². The van der Waals surface area contributed by atoms with Crippen LogP contribution in [0.5, 0.6) is 0 Å². The molecule has 0 spiro atoms. The lowest BCUT2D eigenvalue weighted by Gasteiger charge is -2.10. The van der Waals surface area contributed by atoms with Crippen molar-refractivity contribution in [3.63, 3.8) is 0 Å². The quantitative estimate of drug-likeness (QED) is 0.270. The molecule has 6 aromatic rings. The Morgan fingerprint density at radius 1 is 0.485 bits per heavy atom. The van der Waals surface area contributed by atoms with Gasteiger partial charge in [0.05, 0.1) is 0 Å². The van der Waals surface area contributed by atoms with Gasteiger partial charge in [-0.25, -0.2) is 0 Å². The van der Waals surface area contributed by atoms with Gasteiger partial charge in [0.2, 0.25) is 0 Å². The van der Waals surface area contributed by atoms with E-state index in [4.69, 9.17) is 0 Å². The zero-order valence-electron chi connectivity index (χ0n) is 17.6. The van der Waals surface area contributed by atoms with Crippen LogP contribution < -0.4 is 10.2 Å². The number of hydrogen-bond donors (Lipinski definition) is 2. The molecule has 0 aliphatic rings. The van der Waals surface area contributed by atoms with Crippen molar-refractivity contribution >= 4 is 71.6 Å². The summed E-state index contributed by atoms with van der Waals surface area (Å²) in [6.45, 7) is 0. The van der Waals surface area contributed by atoms with Gasteiger partial charge in [0.1, 0.15) is 0 Å². The van der Waals surface area contributed by atoms with Crippen LogP contribution in [0.15, 0.2) is 114 Å². The maximum atomic E-state index is 9.58. The first kappa shape index (κ1) is 22.9. The van der Waals surface area contributed by atoms with Gasteiger partial charge in [-0.1, -0.05) is 97.1 Å². The van der Waals surface area contributed by atoms with E-state index >= 15 is 0 Å². The minimum atomic E-state index is -1.45. The smallest absolute Gasteiger partial charge is 0.489 e. The van der Waals surface area contributed by atoms with Crippen LogP contribution in [0.4, 0.5) is 0 Å². The Bertz CT molecular complexity index is 1480. The second-order valence-corrected chi connectivity index (χ2v) is 8.53. The van der Waals surface area contributed by atoms with Gasteiger partial charge in [0, 0.05) is 4.47 Å². The Morgan fingerprint density at radius 2 is 0.788 bits per heavy atom. The summed E-state index contributed by atoms with van der Waals surface area (Å²) in [4.78, 5) is 0. The molecule has 33 heavy (non-hydrogen) atoms. The third-order valence-corrected chi connectivity index (χ3v) is 6.63. The summed E-state index contributed by atoms with van der Waals surface area (Å²) < 4.78 is 1.19. The highest BCUT2D eigenvalue weighted by atomic mass is 79.9. The van der Waals surface area contributed by atoms with Gasteiger partial charge in [-0.15, -0.1) is 0 Å². The minimum Gasteiger partial charge on any atom is -1.00 e. The monoisotopic (exact) mass is 497 g/mol. The summed E-state index contributed by atoms with van der Waals surface area (Å²) in [5.41, 5.74) is 0.582. The van der Waals surface area contributed by atoms with Gasteiger partial charge in [0.25, 0.3) is 0 Å². The van der Waals surface area contributed by atoms with Crippen LogP contribution in [0.25, 0.3) is 43.1 Å². The van der Waals surface area contributed by atoms with Crippen molar-refractivity contribution in [3.05, 3.63) is 114 Å². The fraction of sp³-hybridized carbons (Fsp3) is 0. The number of halogens is 2. The van der Waals surface area contributed by atoms with E-state index < -0.39 is 7.12 Å². The SMILES string of the molecule is Brc1c2ccccc2cc2ccccc12.OB(O)c1c2ccccc2cc2ccccc12.[F-]. The molecule has 0 aliphatic carbocycles. The minimum absolute atomic E-state index is 0. The van der Waals surface area contributed by atoms with Crippen molar-refractivity contribution in [3.8, 4) is 0 Å². The highest BCUT2D eigenvalue weighted by molar-refractivity contribution is 9.10. The Hall–Kier alpha value is -3.25. The summed E-state index contributed by atoms with van der Waals surface area (Å²) in [5, 5.41) is 28.1. The molecule has 2 N–H and O–H groups in total. The van der Waals surface area contributed by atoms with E-state index in [1.165, 1.54) is 26.0 Å². The Labute approximate surface area is 199 Å². The highest BCUT2D eigenvalue weighted by Gasteiger charge is 2.18. The highest BCUT2D eigenvalue weighted by Crippen LogP contribution is 2.32. The lowest BCUT2D eigenvalue weighted by molar-refractivity contribution is -0.00000853. The average Bonchev–Trinajstić information content (AvgIpc) is 2.83. The van der Waals surface area contributed by atoms with Crippen molar-refractivity contribution in [2.75, 3.05) is 0 Å². The molecule has 0 unspecified atom stereocenters. The van der Waals surface area contributed by atoms with E-state index in [0.717, 1.165) is 21.5 Å². The molecule has 5 heteroatoms. The first-order valence-corrected chi connectivity index (χ1v) is 11.3. The maximum absolute atomic E-state index is 9.58. The van der Waals surface area contributed by atoms with Crippen LogP contribution in [-0.4, -0.2) is 17.2 Å². The third-order valence-electron chi connectivity index (χ3n) is 5.78. The second kappa shape index (κ2) is 9.71. The molecular formula is C28H20BBrFO2-. The fourth-order valence-electron chi connectivity index (χ4n) is 4.29. The van der Waals surface area contributed by atoms with Crippen molar-refractivity contribution in [1.29, 1.82) is 0 Å². The predicted octanol–water partition coefficient (Wildman–Crippen LogP) is 3.43. The van der Waals surface area contributed by atoms with Gasteiger partial charge in [-0.3, -0.25) is 0 Å². The molecule has 0 amide bonds. The summed E-state index contributed by atoms with van der Waals surface area (Å²) >= 11 is 3.68. The van der Waals surface area contributed by atoms with Crippen molar-refractivity contribution in [2.24, 2.45) is 0 Å². The fourth-order valence-corrected chi connectivity index (χ4v) is 5.01. The zero-order chi connectivity index (χ0) is 22.1. The molecule has 0 aliphatic heterocycles. The van der Waals surface area contributed by atoms with Gasteiger partial charge in [-0.2, -0.15) is 0 Å². The first-order chi connectivity index (χ1) is 15.6. The van der Waals surface area contributed by atoms with Crippen LogP contribution in [0.1, 0.15) is 0 Å². The lowest BCUT2D eigenvalue weighted by atomic mass is 9.74. The van der Waals surface area contributed by atoms with Crippen molar-refractivity contribution in [1.82, 2.24) is 0 Å². The maximum Gasteiger partial charge on any atom is 0.489 e. The van der Waals surface area contributed by atoms with Gasteiger partial charge >= 0.3 is 7.12 Å². The van der Waals surface area contributed by atoms with Crippen molar-refractivity contribution in [2.45, 2.75) is 0 Å². The number of fused-ring (bicyclic) bond motifs is 4. The number of rotatable bonds is 1. The second-order valence-electron chi connectivity index (χ2n) is 7.74. The Kier molecular flexibility index (Phi) is 6.75. The zero-order valence-corrected chi connectivity index (χ0v) is 19.2. The predicted molar refractivity (Wildman–Crippen MR) is 140 cm³/mol. The standard InChI is InChI=1S/C14H11BO2.C14H9Br.FH/c16-15(17)14-12-7-3-1-5-10(12)9-11-6-2-4-8-13(11)14;15-14-12-7-3-1-5-10(12)9-11-6-2-4-8-13(11)14;/h1-9,16-17H;1-9H;1H/p-1. The largest absolute Gasteiger partial charge is 1.00 e. The molecule has 0 bridgehead atoms. The van der Waals surface area contributed by atoms with Crippen LogP contribution in [0, 0.1) is 0 Å². The normalized spacial score (nSPS) is 10.6. The van der Waals surface area contributed by atoms with Gasteiger partial charge in [0.15, 0.2) is 0 Å². The van der Waals surface area contributed by atoms with Crippen LogP contribution in [0.3, 0.4) is 0 Å². The summed E-state index contributed by atoms with van der Waals surface area (Å²) in [7, 11) is -1.45. The van der Waals surface area contributed by atoms with Crippen molar-refractivity contribution < 1.29 is 14.8 Å². The number of hydrogen-bond acceptors (Lipinski definition) is 2. The van der Waals surface area contributed by atoms with E-state index in [2.05, 4.69) is 76.6 Å². The molecule has 0 heterocycles. The molecule has 2 nitrogen and oxygen atoms in total. The molecule has 0 radical (unpaired) electrons. The van der Waals surface area contributed by atoms with E-state index in [1.807, 2.05) is 48.5 Å². The van der Waals surface area contributed by atoms with E-state index in [1.54, 1.807) is 0 Å². The molecule has 0 aromatic heterocycles. The van der Waals surface area contributed by atoms with Crippen LogP contribution >= 0.6 is 15.9 Å². The molecule has 6 aromatic carbocycles. The third kappa shape index (κ3) is 4.35. The van der Waals surface area contributed by atoms with Gasteiger partial charge in [-0.05, 0) is 76.6 Å². The lowest BCUT2D eigenvalue weighted by Crippen LogP contribution is -3.00. The number of benzene rings is 6. The van der Waals surface area contributed by atoms with E-state index in [-0.39, 0.29) is 4.70 Å². The van der Waals surface area contributed by atoms with Gasteiger partial charge < -0.3 is 14.8 Å². The Morgan fingerprint density at radius 3 is 1.15 bits per heavy atom. The average molecular weight is 498 g/mol. The molecular weight excluding hydrogens is 478 g/mol. The van der Waals surface area contributed by atoms with E-state index in [0.29, 0.717) is 5.46 Å². The Balaban J connectivity index is 0.000000153. The summed E-state index contributed by atoms with van der Waals surface area (Å²) in [5.74, 6) is 0. The van der Waals surface area contributed by atoms with Crippen LogP contribution in [-0.2, 0) is 0 Å². The molecule has 0 fully saturated rings. The molecule has 0 saturated heterocycles. The van der Waals surface area contributed by atoms with Crippen LogP contribution in [0.2, 0.25) is 0 Å². The summed E-state index contributed by atoms with van der Waals surface area (Å²) in [6.07, 6.45) is 0. The first-order valence-electron chi connectivity index (χ1n) is 10.5. The molecule has 0 saturated carbocycles. The summed E-state index contributed by atoms with van der Waals surface area (Å²) in [6, 6.07) is 36.7.